The Morgan fingerprint density at radius 3 is 2.26 bits per heavy atom. The van der Waals surface area contributed by atoms with Crippen LogP contribution in [0.3, 0.4) is 0 Å². The summed E-state index contributed by atoms with van der Waals surface area (Å²) in [6.07, 6.45) is 1.89. The zero-order valence-corrected chi connectivity index (χ0v) is 24.8. The lowest BCUT2D eigenvalue weighted by Gasteiger charge is -2.34. The fraction of sp³-hybridized carbons (Fsp3) is 0.355. The summed E-state index contributed by atoms with van der Waals surface area (Å²) in [5.41, 5.74) is 1.63. The first-order chi connectivity index (χ1) is 20.0. The smallest absolute Gasteiger partial charge is 0.244 e. The van der Waals surface area contributed by atoms with Crippen LogP contribution in [0.15, 0.2) is 72.8 Å². The molecule has 1 aliphatic heterocycles. The van der Waals surface area contributed by atoms with Crippen LogP contribution in [0, 0.1) is 5.82 Å². The summed E-state index contributed by atoms with van der Waals surface area (Å²) in [4.78, 5) is 29.2. The first-order valence-corrected chi connectivity index (χ1v) is 15.7. The van der Waals surface area contributed by atoms with Gasteiger partial charge >= 0.3 is 0 Å². The Hall–Kier alpha value is -4.12. The summed E-state index contributed by atoms with van der Waals surface area (Å²) in [6.45, 7) is 3.89. The number of amides is 2. The molecule has 0 saturated heterocycles. The lowest BCUT2D eigenvalue weighted by atomic mass is 10.0. The number of anilines is 1. The van der Waals surface area contributed by atoms with Crippen LogP contribution in [0.1, 0.15) is 31.4 Å². The molecule has 0 fully saturated rings. The number of benzene rings is 3. The minimum Gasteiger partial charge on any atom is -0.486 e. The third-order valence-electron chi connectivity index (χ3n) is 7.03. The number of sulfonamides is 1. The number of ether oxygens (including phenoxy) is 2. The van der Waals surface area contributed by atoms with E-state index in [0.29, 0.717) is 36.7 Å². The number of nitrogens with zero attached hydrogens (tertiary/aromatic N) is 2. The van der Waals surface area contributed by atoms with E-state index in [4.69, 9.17) is 9.47 Å². The maximum Gasteiger partial charge on any atom is 0.244 e. The topological polar surface area (TPSA) is 105 Å². The highest BCUT2D eigenvalue weighted by Crippen LogP contribution is 2.34. The Labute approximate surface area is 246 Å². The maximum atomic E-state index is 14.1. The second kappa shape index (κ2) is 13.7. The van der Waals surface area contributed by atoms with Gasteiger partial charge < -0.3 is 19.7 Å². The van der Waals surface area contributed by atoms with E-state index in [1.54, 1.807) is 12.1 Å². The van der Waals surface area contributed by atoms with E-state index < -0.39 is 34.3 Å². The zero-order chi connectivity index (χ0) is 30.3. The predicted molar refractivity (Wildman–Crippen MR) is 158 cm³/mol. The van der Waals surface area contributed by atoms with Crippen LogP contribution in [-0.4, -0.2) is 63.2 Å². The van der Waals surface area contributed by atoms with Gasteiger partial charge in [0.05, 0.1) is 11.9 Å². The maximum absolute atomic E-state index is 14.1. The average molecular weight is 598 g/mol. The highest BCUT2D eigenvalue weighted by molar-refractivity contribution is 7.92. The molecule has 0 radical (unpaired) electrons. The Morgan fingerprint density at radius 2 is 1.62 bits per heavy atom. The van der Waals surface area contributed by atoms with E-state index in [1.807, 2.05) is 44.2 Å². The van der Waals surface area contributed by atoms with E-state index in [9.17, 15) is 22.4 Å². The Morgan fingerprint density at radius 1 is 0.952 bits per heavy atom. The molecule has 0 spiro atoms. The highest BCUT2D eigenvalue weighted by atomic mass is 32.2. The predicted octanol–water partition coefficient (Wildman–Crippen LogP) is 3.92. The number of halogens is 1. The number of fused-ring (bicyclic) bond motifs is 1. The Bertz CT molecular complexity index is 1480. The van der Waals surface area contributed by atoms with Crippen molar-refractivity contribution in [1.29, 1.82) is 0 Å². The van der Waals surface area contributed by atoms with Gasteiger partial charge in [-0.2, -0.15) is 0 Å². The van der Waals surface area contributed by atoms with Gasteiger partial charge in [-0.25, -0.2) is 12.8 Å². The third-order valence-corrected chi connectivity index (χ3v) is 8.17. The normalized spacial score (nSPS) is 14.0. The molecule has 0 saturated carbocycles. The first-order valence-electron chi connectivity index (χ1n) is 13.8. The molecule has 0 aromatic heterocycles. The summed E-state index contributed by atoms with van der Waals surface area (Å²) in [6, 6.07) is 18.5. The van der Waals surface area contributed by atoms with Crippen molar-refractivity contribution in [3.63, 3.8) is 0 Å². The SMILES string of the molecule is CC[C@@H](C)NC(=O)[C@H](Cc1ccccc1)N(Cc1ccc(F)cc1)C(=O)CN(c1ccc2c(c1)OCCO2)S(C)(=O)=O. The summed E-state index contributed by atoms with van der Waals surface area (Å²) >= 11 is 0. The van der Waals surface area contributed by atoms with Gasteiger partial charge in [0.1, 0.15) is 31.6 Å². The quantitative estimate of drug-likeness (QED) is 0.340. The summed E-state index contributed by atoms with van der Waals surface area (Å²) in [7, 11) is -3.94. The molecule has 1 aliphatic rings. The van der Waals surface area contributed by atoms with Crippen molar-refractivity contribution in [1.82, 2.24) is 10.2 Å². The molecule has 3 aromatic carbocycles. The van der Waals surface area contributed by atoms with Crippen molar-refractivity contribution in [2.45, 2.75) is 45.3 Å². The lowest BCUT2D eigenvalue weighted by molar-refractivity contribution is -0.140. The summed E-state index contributed by atoms with van der Waals surface area (Å²) < 4.78 is 51.9. The standard InChI is InChI=1S/C31H36FN3O6S/c1-4-22(2)33-31(37)27(18-23-8-6-5-7-9-23)34(20-24-10-12-25(32)13-11-24)30(36)21-35(42(3,38)39)26-14-15-28-29(19-26)41-17-16-40-28/h5-15,19,22,27H,4,16-18,20-21H2,1-3H3,(H,33,37)/t22-,27+/m1/s1. The molecule has 1 N–H and O–H groups in total. The van der Waals surface area contributed by atoms with Gasteiger partial charge in [-0.1, -0.05) is 49.4 Å². The number of nitrogens with one attached hydrogen (secondary N) is 1. The molecular weight excluding hydrogens is 561 g/mol. The first kappa shape index (κ1) is 30.8. The highest BCUT2D eigenvalue weighted by Gasteiger charge is 2.33. The molecule has 42 heavy (non-hydrogen) atoms. The summed E-state index contributed by atoms with van der Waals surface area (Å²) in [5.74, 6) is -0.548. The van der Waals surface area contributed by atoms with Crippen molar-refractivity contribution in [2.75, 3.05) is 30.3 Å². The lowest BCUT2D eigenvalue weighted by Crippen LogP contribution is -2.54. The molecule has 2 atom stereocenters. The van der Waals surface area contributed by atoms with Gasteiger partial charge in [0, 0.05) is 25.1 Å². The molecule has 0 bridgehead atoms. The zero-order valence-electron chi connectivity index (χ0n) is 24.0. The van der Waals surface area contributed by atoms with Gasteiger partial charge in [0.25, 0.3) is 0 Å². The van der Waals surface area contributed by atoms with Crippen molar-refractivity contribution >= 4 is 27.5 Å². The Balaban J connectivity index is 1.73. The fourth-order valence-electron chi connectivity index (χ4n) is 4.58. The molecule has 4 rings (SSSR count). The number of hydrogen-bond acceptors (Lipinski definition) is 6. The third kappa shape index (κ3) is 8.00. The van der Waals surface area contributed by atoms with Gasteiger partial charge in [-0.3, -0.25) is 13.9 Å². The van der Waals surface area contributed by atoms with E-state index in [2.05, 4.69) is 5.32 Å². The van der Waals surface area contributed by atoms with Crippen LogP contribution in [0.5, 0.6) is 11.5 Å². The second-order valence-electron chi connectivity index (χ2n) is 10.3. The van der Waals surface area contributed by atoms with Gasteiger partial charge in [-0.15, -0.1) is 0 Å². The largest absolute Gasteiger partial charge is 0.486 e. The van der Waals surface area contributed by atoms with Crippen molar-refractivity contribution in [2.24, 2.45) is 0 Å². The average Bonchev–Trinajstić information content (AvgIpc) is 2.98. The van der Waals surface area contributed by atoms with Gasteiger partial charge in [0.2, 0.25) is 21.8 Å². The minimum atomic E-state index is -3.94. The monoisotopic (exact) mass is 597 g/mol. The minimum absolute atomic E-state index is 0.0384. The molecule has 0 unspecified atom stereocenters. The molecule has 1 heterocycles. The van der Waals surface area contributed by atoms with Gasteiger partial charge in [0.15, 0.2) is 11.5 Å². The molecule has 3 aromatic rings. The molecule has 11 heteroatoms. The number of carbonyl (C=O) groups is 2. The van der Waals surface area contributed by atoms with E-state index >= 15 is 0 Å². The number of rotatable bonds is 12. The van der Waals surface area contributed by atoms with Crippen LogP contribution in [0.2, 0.25) is 0 Å². The Kier molecular flexibility index (Phi) is 10.1. The van der Waals surface area contributed by atoms with Crippen molar-refractivity contribution in [3.8, 4) is 11.5 Å². The van der Waals surface area contributed by atoms with E-state index in [1.165, 1.54) is 35.2 Å². The fourth-order valence-corrected chi connectivity index (χ4v) is 5.42. The molecule has 0 aliphatic carbocycles. The van der Waals surface area contributed by atoms with Crippen LogP contribution >= 0.6 is 0 Å². The van der Waals surface area contributed by atoms with Crippen LogP contribution in [0.4, 0.5) is 10.1 Å². The van der Waals surface area contributed by atoms with E-state index in [0.717, 1.165) is 16.1 Å². The van der Waals surface area contributed by atoms with Crippen molar-refractivity contribution < 1.29 is 31.9 Å². The number of carbonyl (C=O) groups excluding carboxylic acids is 2. The molecule has 9 nitrogen and oxygen atoms in total. The van der Waals surface area contributed by atoms with Gasteiger partial charge in [-0.05, 0) is 48.7 Å². The van der Waals surface area contributed by atoms with E-state index in [-0.39, 0.29) is 30.6 Å². The second-order valence-corrected chi connectivity index (χ2v) is 12.2. The molecule has 2 amide bonds. The molecule has 224 valence electrons. The summed E-state index contributed by atoms with van der Waals surface area (Å²) in [5, 5.41) is 2.97. The van der Waals surface area contributed by atoms with Crippen LogP contribution in [0.25, 0.3) is 0 Å². The van der Waals surface area contributed by atoms with Crippen LogP contribution in [-0.2, 0) is 32.6 Å². The van der Waals surface area contributed by atoms with Crippen molar-refractivity contribution in [3.05, 3.63) is 89.7 Å². The number of hydrogen-bond donors (Lipinski definition) is 1. The van der Waals surface area contributed by atoms with Crippen LogP contribution < -0.4 is 19.1 Å². The molecular formula is C31H36FN3O6S.